The first kappa shape index (κ1) is 20.6. The number of aryl methyl sites for hydroxylation is 1. The van der Waals surface area contributed by atoms with E-state index in [1.165, 1.54) is 11.3 Å². The van der Waals surface area contributed by atoms with E-state index in [9.17, 15) is 9.59 Å². The van der Waals surface area contributed by atoms with Gasteiger partial charge in [-0.15, -0.1) is 0 Å². The van der Waals surface area contributed by atoms with Gasteiger partial charge >= 0.3 is 0 Å². The Hall–Kier alpha value is -2.66. The van der Waals surface area contributed by atoms with Gasteiger partial charge in [0.05, 0.1) is 0 Å². The van der Waals surface area contributed by atoms with Crippen LogP contribution in [-0.2, 0) is 0 Å². The lowest BCUT2D eigenvalue weighted by Crippen LogP contribution is -2.56. The Kier molecular flexibility index (Phi) is 6.18. The van der Waals surface area contributed by atoms with Crippen LogP contribution < -0.4 is 4.90 Å². The number of para-hydroxylation sites is 1. The number of amides is 1. The molecule has 2 aromatic carbocycles. The maximum atomic E-state index is 13.0. The Morgan fingerprint density at radius 3 is 2.20 bits per heavy atom. The number of carbonyl (C=O) groups excluding carboxylic acids is 2. The van der Waals surface area contributed by atoms with Crippen LogP contribution in [0.2, 0.25) is 0 Å². The monoisotopic (exact) mass is 405 g/mol. The number of nitrogens with zero attached hydrogens (tertiary/aromatic N) is 3. The highest BCUT2D eigenvalue weighted by molar-refractivity contribution is 5.97. The number of piperazine rings is 1. The lowest BCUT2D eigenvalue weighted by atomic mass is 10.0. The fraction of sp³-hybridized carbons (Fsp3) is 0.440. The molecule has 1 amide bonds. The van der Waals surface area contributed by atoms with Gasteiger partial charge in [0.25, 0.3) is 5.91 Å². The fourth-order valence-corrected chi connectivity index (χ4v) is 4.71. The average molecular weight is 406 g/mol. The number of anilines is 1. The number of benzene rings is 2. The maximum Gasteiger partial charge on any atom is 0.253 e. The first-order chi connectivity index (χ1) is 14.5. The molecule has 0 N–H and O–H groups in total. The van der Waals surface area contributed by atoms with Crippen molar-refractivity contribution in [3.05, 3.63) is 65.2 Å². The van der Waals surface area contributed by atoms with Crippen LogP contribution in [0.3, 0.4) is 0 Å². The van der Waals surface area contributed by atoms with E-state index in [4.69, 9.17) is 0 Å². The molecule has 0 saturated carbocycles. The molecule has 158 valence electrons. The van der Waals surface area contributed by atoms with Gasteiger partial charge in [0.15, 0.2) is 5.78 Å². The van der Waals surface area contributed by atoms with Crippen LogP contribution in [0.1, 0.15) is 46.0 Å². The van der Waals surface area contributed by atoms with E-state index >= 15 is 0 Å². The predicted octanol–water partition coefficient (Wildman–Crippen LogP) is 3.62. The van der Waals surface area contributed by atoms with Crippen molar-refractivity contribution in [1.82, 2.24) is 9.80 Å². The quantitative estimate of drug-likeness (QED) is 0.729. The van der Waals surface area contributed by atoms with Crippen molar-refractivity contribution in [2.24, 2.45) is 0 Å². The minimum atomic E-state index is 0.0249. The van der Waals surface area contributed by atoms with E-state index in [1.807, 2.05) is 4.90 Å². The molecule has 0 radical (unpaired) electrons. The molecular formula is C25H31N3O2. The van der Waals surface area contributed by atoms with Crippen LogP contribution >= 0.6 is 0 Å². The van der Waals surface area contributed by atoms with Crippen LogP contribution in [0.15, 0.2) is 48.5 Å². The molecule has 0 unspecified atom stereocenters. The summed E-state index contributed by atoms with van der Waals surface area (Å²) in [4.78, 5) is 31.5. The summed E-state index contributed by atoms with van der Waals surface area (Å²) in [6.07, 6.45) is 2.19. The molecule has 5 heteroatoms. The number of ketones is 1. The summed E-state index contributed by atoms with van der Waals surface area (Å²) in [6, 6.07) is 16.1. The van der Waals surface area contributed by atoms with E-state index in [0.717, 1.165) is 52.1 Å². The third-order valence-electron chi connectivity index (χ3n) is 6.51. The van der Waals surface area contributed by atoms with Crippen molar-refractivity contribution in [3.8, 4) is 0 Å². The molecule has 0 bridgehead atoms. The van der Waals surface area contributed by atoms with Crippen LogP contribution in [0.5, 0.6) is 0 Å². The van der Waals surface area contributed by atoms with E-state index in [0.29, 0.717) is 17.2 Å². The summed E-state index contributed by atoms with van der Waals surface area (Å²) in [7, 11) is 0. The summed E-state index contributed by atoms with van der Waals surface area (Å²) < 4.78 is 0. The number of hydrogen-bond acceptors (Lipinski definition) is 4. The molecule has 30 heavy (non-hydrogen) atoms. The van der Waals surface area contributed by atoms with Gasteiger partial charge < -0.3 is 9.80 Å². The number of Topliss-reactive ketones (excluding diaryl/α,β-unsaturated/α-hetero) is 1. The first-order valence-corrected chi connectivity index (χ1v) is 11.0. The Bertz CT molecular complexity index is 901. The zero-order valence-corrected chi connectivity index (χ0v) is 18.0. The highest BCUT2D eigenvalue weighted by atomic mass is 16.2. The van der Waals surface area contributed by atoms with Gasteiger partial charge in [0, 0.05) is 62.1 Å². The van der Waals surface area contributed by atoms with E-state index < -0.39 is 0 Å². The first-order valence-electron chi connectivity index (χ1n) is 11.0. The average Bonchev–Trinajstić information content (AvgIpc) is 2.79. The summed E-state index contributed by atoms with van der Waals surface area (Å²) in [5.41, 5.74) is 3.99. The number of rotatable bonds is 4. The lowest BCUT2D eigenvalue weighted by Gasteiger charge is -2.44. The molecule has 1 atom stereocenters. The molecule has 0 aliphatic carbocycles. The normalized spacial score (nSPS) is 20.3. The van der Waals surface area contributed by atoms with Gasteiger partial charge in [-0.05, 0) is 50.5 Å². The Balaban J connectivity index is 1.36. The zero-order chi connectivity index (χ0) is 21.1. The second-order valence-corrected chi connectivity index (χ2v) is 8.49. The lowest BCUT2D eigenvalue weighted by molar-refractivity contribution is 0.0563. The topological polar surface area (TPSA) is 43.9 Å². The van der Waals surface area contributed by atoms with Gasteiger partial charge in [-0.2, -0.15) is 0 Å². The van der Waals surface area contributed by atoms with Crippen LogP contribution in [-0.4, -0.2) is 66.8 Å². The summed E-state index contributed by atoms with van der Waals surface area (Å²) in [5, 5.41) is 0. The van der Waals surface area contributed by atoms with Crippen LogP contribution in [0.25, 0.3) is 0 Å². The number of piperidine rings is 1. The van der Waals surface area contributed by atoms with Crippen LogP contribution in [0, 0.1) is 6.92 Å². The second-order valence-electron chi connectivity index (χ2n) is 8.49. The number of likely N-dealkylation sites (tertiary alicyclic amines) is 1. The highest BCUT2D eigenvalue weighted by Crippen LogP contribution is 2.24. The Labute approximate surface area is 179 Å². The molecular weight excluding hydrogens is 374 g/mol. The molecule has 0 spiro atoms. The smallest absolute Gasteiger partial charge is 0.253 e. The van der Waals surface area contributed by atoms with Gasteiger partial charge in [0.1, 0.15) is 0 Å². The molecule has 2 aliphatic heterocycles. The molecule has 5 nitrogen and oxygen atoms in total. The van der Waals surface area contributed by atoms with Crippen LogP contribution in [0.4, 0.5) is 5.69 Å². The number of hydrogen-bond donors (Lipinski definition) is 0. The number of carbonyl (C=O) groups is 2. The largest absolute Gasteiger partial charge is 0.369 e. The highest BCUT2D eigenvalue weighted by Gasteiger charge is 2.30. The standard InChI is InChI=1S/C25H31N3O2/c1-19-6-3-4-8-24(19)27-16-14-26(15-17-27)23-7-5-13-28(18-23)25(30)22-11-9-21(10-12-22)20(2)29/h3-4,6,8-12,23H,5,7,13-18H2,1-2H3/t23-/m0/s1. The summed E-state index contributed by atoms with van der Waals surface area (Å²) in [5.74, 6) is 0.102. The van der Waals surface area contributed by atoms with E-state index in [-0.39, 0.29) is 11.7 Å². The molecule has 2 aromatic rings. The van der Waals surface area contributed by atoms with Crippen molar-refractivity contribution < 1.29 is 9.59 Å². The molecule has 2 aliphatic rings. The minimum absolute atomic E-state index is 0.0249. The third-order valence-corrected chi connectivity index (χ3v) is 6.51. The molecule has 2 saturated heterocycles. The molecule has 2 fully saturated rings. The Morgan fingerprint density at radius 1 is 0.867 bits per heavy atom. The fourth-order valence-electron chi connectivity index (χ4n) is 4.71. The van der Waals surface area contributed by atoms with Gasteiger partial charge in [-0.1, -0.05) is 30.3 Å². The van der Waals surface area contributed by atoms with Crippen molar-refractivity contribution in [1.29, 1.82) is 0 Å². The van der Waals surface area contributed by atoms with E-state index in [2.05, 4.69) is 41.0 Å². The second kappa shape index (κ2) is 9.00. The third kappa shape index (κ3) is 4.41. The summed E-state index contributed by atoms with van der Waals surface area (Å²) in [6.45, 7) is 9.46. The van der Waals surface area contributed by atoms with E-state index in [1.54, 1.807) is 31.2 Å². The van der Waals surface area contributed by atoms with Crippen molar-refractivity contribution in [2.75, 3.05) is 44.2 Å². The SMILES string of the molecule is CC(=O)c1ccc(C(=O)N2CCC[C@H](N3CCN(c4ccccc4C)CC3)C2)cc1. The molecule has 0 aromatic heterocycles. The van der Waals surface area contributed by atoms with Crippen molar-refractivity contribution in [3.63, 3.8) is 0 Å². The maximum absolute atomic E-state index is 13.0. The molecule has 2 heterocycles. The molecule has 4 rings (SSSR count). The van der Waals surface area contributed by atoms with Gasteiger partial charge in [-0.25, -0.2) is 0 Å². The van der Waals surface area contributed by atoms with Gasteiger partial charge in [0.2, 0.25) is 0 Å². The Morgan fingerprint density at radius 2 is 1.53 bits per heavy atom. The van der Waals surface area contributed by atoms with Crippen molar-refractivity contribution >= 4 is 17.4 Å². The van der Waals surface area contributed by atoms with Gasteiger partial charge in [-0.3, -0.25) is 14.5 Å². The summed E-state index contributed by atoms with van der Waals surface area (Å²) >= 11 is 0. The van der Waals surface area contributed by atoms with Crippen molar-refractivity contribution in [2.45, 2.75) is 32.7 Å². The predicted molar refractivity (Wildman–Crippen MR) is 120 cm³/mol. The minimum Gasteiger partial charge on any atom is -0.369 e. The zero-order valence-electron chi connectivity index (χ0n) is 18.0.